The van der Waals surface area contributed by atoms with Crippen molar-refractivity contribution < 1.29 is 0 Å². The van der Waals surface area contributed by atoms with Gasteiger partial charge in [0, 0.05) is 0 Å². The van der Waals surface area contributed by atoms with Gasteiger partial charge in [0.1, 0.15) is 0 Å². The van der Waals surface area contributed by atoms with Crippen LogP contribution in [-0.4, -0.2) is 0 Å². The molecule has 12 heavy (non-hydrogen) atoms. The summed E-state index contributed by atoms with van der Waals surface area (Å²) in [4.78, 5) is 0. The third-order valence-electron chi connectivity index (χ3n) is 2.17. The first-order chi connectivity index (χ1) is 5.85. The van der Waals surface area contributed by atoms with Crippen LogP contribution in [0.3, 0.4) is 0 Å². The van der Waals surface area contributed by atoms with Crippen LogP contribution < -0.4 is 0 Å². The van der Waals surface area contributed by atoms with Crippen LogP contribution >= 0.6 is 0 Å². The summed E-state index contributed by atoms with van der Waals surface area (Å²) in [5.41, 5.74) is 1.69. The van der Waals surface area contributed by atoms with Crippen LogP contribution in [0.15, 0.2) is 11.6 Å². The van der Waals surface area contributed by atoms with E-state index < -0.39 is 0 Å². The van der Waals surface area contributed by atoms with E-state index in [0.717, 1.165) is 0 Å². The molecule has 0 spiro atoms. The largest absolute Gasteiger partial charge is 0.0856 e. The van der Waals surface area contributed by atoms with Gasteiger partial charge in [-0.15, -0.1) is 0 Å². The Kier molecular flexibility index (Phi) is 8.64. The van der Waals surface area contributed by atoms with Gasteiger partial charge in [0.25, 0.3) is 0 Å². The highest BCUT2D eigenvalue weighted by Crippen LogP contribution is 2.14. The van der Waals surface area contributed by atoms with Crippen molar-refractivity contribution in [1.82, 2.24) is 0 Å². The fourth-order valence-electron chi connectivity index (χ4n) is 1.54. The van der Waals surface area contributed by atoms with Crippen LogP contribution in [-0.2, 0) is 0 Å². The topological polar surface area (TPSA) is 0 Å². The lowest BCUT2D eigenvalue weighted by atomic mass is 10.0. The first kappa shape index (κ1) is 11.7. The van der Waals surface area contributed by atoms with Crippen molar-refractivity contribution in [2.45, 2.75) is 65.7 Å². The highest BCUT2D eigenvalue weighted by molar-refractivity contribution is 5.01. The molecule has 0 heteroatoms. The number of allylic oxidation sites excluding steroid dienone is 2. The van der Waals surface area contributed by atoms with E-state index in [4.69, 9.17) is 0 Å². The molecular formula is C12H24. The molecule has 0 atom stereocenters. The number of rotatable bonds is 7. The van der Waals surface area contributed by atoms with Crippen LogP contribution in [0.25, 0.3) is 0 Å². The van der Waals surface area contributed by atoms with Gasteiger partial charge >= 0.3 is 0 Å². The van der Waals surface area contributed by atoms with Gasteiger partial charge in [0.15, 0.2) is 0 Å². The summed E-state index contributed by atoms with van der Waals surface area (Å²) in [5, 5.41) is 0. The van der Waals surface area contributed by atoms with E-state index in [9.17, 15) is 0 Å². The van der Waals surface area contributed by atoms with E-state index in [1.807, 2.05) is 0 Å². The molecule has 0 saturated heterocycles. The minimum Gasteiger partial charge on any atom is -0.0856 e. The molecule has 0 aromatic rings. The zero-order valence-corrected chi connectivity index (χ0v) is 9.03. The van der Waals surface area contributed by atoms with Crippen molar-refractivity contribution in [3.05, 3.63) is 11.6 Å². The molecule has 0 radical (unpaired) electrons. The molecule has 0 aliphatic heterocycles. The van der Waals surface area contributed by atoms with Crippen LogP contribution in [0.5, 0.6) is 0 Å². The predicted molar refractivity (Wildman–Crippen MR) is 57.4 cm³/mol. The summed E-state index contributed by atoms with van der Waals surface area (Å²) in [6, 6.07) is 0. The maximum atomic E-state index is 2.42. The minimum atomic E-state index is 1.21. The van der Waals surface area contributed by atoms with Crippen LogP contribution in [0.4, 0.5) is 0 Å². The first-order valence-corrected chi connectivity index (χ1v) is 5.53. The SMILES string of the molecule is CCC=C(CCC)CCCCC. The lowest BCUT2D eigenvalue weighted by molar-refractivity contribution is 0.689. The molecule has 0 aromatic carbocycles. The lowest BCUT2D eigenvalue weighted by Crippen LogP contribution is -1.84. The Bertz CT molecular complexity index is 111. The zero-order chi connectivity index (χ0) is 9.23. The van der Waals surface area contributed by atoms with Crippen LogP contribution in [0.2, 0.25) is 0 Å². The molecule has 0 N–H and O–H groups in total. The standard InChI is InChI=1S/C12H24/c1-4-7-8-11-12(9-5-2)10-6-3/h9H,4-8,10-11H2,1-3H3. The van der Waals surface area contributed by atoms with Crippen molar-refractivity contribution in [1.29, 1.82) is 0 Å². The van der Waals surface area contributed by atoms with Gasteiger partial charge in [-0.1, -0.05) is 51.7 Å². The summed E-state index contributed by atoms with van der Waals surface area (Å²) in [7, 11) is 0. The van der Waals surface area contributed by atoms with Gasteiger partial charge in [-0.05, 0) is 25.7 Å². The average molecular weight is 168 g/mol. The van der Waals surface area contributed by atoms with Crippen molar-refractivity contribution >= 4 is 0 Å². The second kappa shape index (κ2) is 8.83. The summed E-state index contributed by atoms with van der Waals surface area (Å²) >= 11 is 0. The lowest BCUT2D eigenvalue weighted by Gasteiger charge is -2.04. The van der Waals surface area contributed by atoms with E-state index >= 15 is 0 Å². The van der Waals surface area contributed by atoms with Crippen LogP contribution in [0, 0.1) is 0 Å². The van der Waals surface area contributed by atoms with E-state index in [1.165, 1.54) is 44.9 Å². The second-order valence-electron chi connectivity index (χ2n) is 3.48. The molecule has 0 aliphatic carbocycles. The average Bonchev–Trinajstić information content (AvgIpc) is 2.06. The quantitative estimate of drug-likeness (QED) is 0.382. The van der Waals surface area contributed by atoms with Gasteiger partial charge < -0.3 is 0 Å². The Morgan fingerprint density at radius 2 is 1.67 bits per heavy atom. The number of hydrogen-bond acceptors (Lipinski definition) is 0. The molecule has 0 aliphatic rings. The highest BCUT2D eigenvalue weighted by atomic mass is 14.0. The summed E-state index contributed by atoms with van der Waals surface area (Å²) in [6.07, 6.45) is 11.7. The van der Waals surface area contributed by atoms with Gasteiger partial charge in [0.05, 0.1) is 0 Å². The zero-order valence-electron chi connectivity index (χ0n) is 9.03. The predicted octanol–water partition coefficient (Wildman–Crippen LogP) is 4.70. The maximum absolute atomic E-state index is 2.42. The van der Waals surface area contributed by atoms with Crippen molar-refractivity contribution in [3.63, 3.8) is 0 Å². The van der Waals surface area contributed by atoms with Gasteiger partial charge in [-0.25, -0.2) is 0 Å². The Morgan fingerprint density at radius 1 is 0.917 bits per heavy atom. The first-order valence-electron chi connectivity index (χ1n) is 5.53. The molecule has 0 bridgehead atoms. The van der Waals surface area contributed by atoms with Crippen LogP contribution in [0.1, 0.15) is 65.7 Å². The monoisotopic (exact) mass is 168 g/mol. The molecule has 0 rings (SSSR count). The maximum Gasteiger partial charge on any atom is -0.0320 e. The highest BCUT2D eigenvalue weighted by Gasteiger charge is 1.94. The summed E-state index contributed by atoms with van der Waals surface area (Å²) in [5.74, 6) is 0. The molecule has 0 amide bonds. The van der Waals surface area contributed by atoms with E-state index in [-0.39, 0.29) is 0 Å². The van der Waals surface area contributed by atoms with Gasteiger partial charge in [-0.3, -0.25) is 0 Å². The molecule has 0 fully saturated rings. The molecule has 0 unspecified atom stereocenters. The van der Waals surface area contributed by atoms with Crippen molar-refractivity contribution in [2.24, 2.45) is 0 Å². The molecule has 72 valence electrons. The normalized spacial score (nSPS) is 12.1. The Hall–Kier alpha value is -0.260. The Morgan fingerprint density at radius 3 is 2.17 bits per heavy atom. The fourth-order valence-corrected chi connectivity index (χ4v) is 1.54. The number of hydrogen-bond donors (Lipinski definition) is 0. The van der Waals surface area contributed by atoms with Gasteiger partial charge in [0.2, 0.25) is 0 Å². The summed E-state index contributed by atoms with van der Waals surface area (Å²) in [6.45, 7) is 6.77. The molecule has 0 aromatic heterocycles. The Labute approximate surface area is 78.1 Å². The molecular weight excluding hydrogens is 144 g/mol. The van der Waals surface area contributed by atoms with Crippen molar-refractivity contribution in [3.8, 4) is 0 Å². The molecule has 0 nitrogen and oxygen atoms in total. The van der Waals surface area contributed by atoms with Gasteiger partial charge in [-0.2, -0.15) is 0 Å². The smallest absolute Gasteiger partial charge is 0.0320 e. The fraction of sp³-hybridized carbons (Fsp3) is 0.833. The van der Waals surface area contributed by atoms with E-state index in [1.54, 1.807) is 5.57 Å². The third-order valence-corrected chi connectivity index (χ3v) is 2.17. The molecule has 0 heterocycles. The second-order valence-corrected chi connectivity index (χ2v) is 3.48. The van der Waals surface area contributed by atoms with Crippen molar-refractivity contribution in [2.75, 3.05) is 0 Å². The summed E-state index contributed by atoms with van der Waals surface area (Å²) < 4.78 is 0. The minimum absolute atomic E-state index is 1.21. The van der Waals surface area contributed by atoms with E-state index in [2.05, 4.69) is 26.8 Å². The molecule has 0 saturated carbocycles. The Balaban J connectivity index is 3.56. The third kappa shape index (κ3) is 6.45. The number of unbranched alkanes of at least 4 members (excludes halogenated alkanes) is 2. The van der Waals surface area contributed by atoms with E-state index in [0.29, 0.717) is 0 Å².